The summed E-state index contributed by atoms with van der Waals surface area (Å²) in [6.45, 7) is 0. The summed E-state index contributed by atoms with van der Waals surface area (Å²) in [4.78, 5) is 23.5. The molecule has 0 aliphatic heterocycles. The number of alkyl halides is 3. The van der Waals surface area contributed by atoms with E-state index in [-0.39, 0.29) is 12.0 Å². The SMILES string of the molecule is N#Cc1ccc(C[C@H](NC(=O)[C@H](O)c2ccc(C(F)(F)F)cc2)C(=O)O)cc1. The number of nitrogens with zero attached hydrogens (tertiary/aromatic N) is 1. The number of aliphatic carboxylic acids is 1. The van der Waals surface area contributed by atoms with E-state index in [4.69, 9.17) is 5.26 Å². The minimum absolute atomic E-state index is 0.104. The van der Waals surface area contributed by atoms with Gasteiger partial charge >= 0.3 is 12.1 Å². The van der Waals surface area contributed by atoms with Crippen molar-refractivity contribution in [2.75, 3.05) is 0 Å². The number of carbonyl (C=O) groups excluding carboxylic acids is 1. The zero-order chi connectivity index (χ0) is 20.9. The van der Waals surface area contributed by atoms with Gasteiger partial charge in [0.1, 0.15) is 6.04 Å². The Morgan fingerprint density at radius 2 is 1.64 bits per heavy atom. The monoisotopic (exact) mass is 392 g/mol. The molecule has 2 aromatic carbocycles. The summed E-state index contributed by atoms with van der Waals surface area (Å²) in [6, 6.07) is 9.94. The van der Waals surface area contributed by atoms with Crippen LogP contribution in [0.1, 0.15) is 28.4 Å². The number of carboxylic acid groups (broad SMARTS) is 1. The number of nitriles is 1. The van der Waals surface area contributed by atoms with Crippen LogP contribution in [-0.4, -0.2) is 28.1 Å². The third-order valence-electron chi connectivity index (χ3n) is 3.94. The van der Waals surface area contributed by atoms with Crippen LogP contribution in [0.25, 0.3) is 0 Å². The molecule has 0 aliphatic rings. The number of carbonyl (C=O) groups is 2. The second-order valence-electron chi connectivity index (χ2n) is 5.93. The highest BCUT2D eigenvalue weighted by atomic mass is 19.4. The minimum atomic E-state index is -4.55. The van der Waals surface area contributed by atoms with Crippen molar-refractivity contribution in [3.8, 4) is 6.07 Å². The molecule has 1 amide bonds. The van der Waals surface area contributed by atoms with Crippen LogP contribution < -0.4 is 5.32 Å². The topological polar surface area (TPSA) is 110 Å². The molecule has 0 heterocycles. The molecule has 9 heteroatoms. The van der Waals surface area contributed by atoms with Gasteiger partial charge in [-0.3, -0.25) is 4.79 Å². The number of hydrogen-bond donors (Lipinski definition) is 3. The maximum absolute atomic E-state index is 12.6. The van der Waals surface area contributed by atoms with Gasteiger partial charge in [0.25, 0.3) is 5.91 Å². The highest BCUT2D eigenvalue weighted by molar-refractivity contribution is 5.87. The molecule has 2 aromatic rings. The number of carboxylic acids is 1. The Morgan fingerprint density at radius 3 is 2.11 bits per heavy atom. The first kappa shape index (κ1) is 20.9. The number of hydrogen-bond acceptors (Lipinski definition) is 4. The molecule has 0 saturated carbocycles. The number of halogens is 3. The minimum Gasteiger partial charge on any atom is -0.480 e. The van der Waals surface area contributed by atoms with Gasteiger partial charge in [-0.15, -0.1) is 0 Å². The zero-order valence-corrected chi connectivity index (χ0v) is 14.3. The fourth-order valence-electron chi connectivity index (χ4n) is 2.41. The second-order valence-corrected chi connectivity index (χ2v) is 5.93. The third-order valence-corrected chi connectivity index (χ3v) is 3.94. The molecule has 0 bridgehead atoms. The molecule has 0 unspecified atom stereocenters. The molecular formula is C19H15F3N2O4. The number of benzene rings is 2. The van der Waals surface area contributed by atoms with Crippen molar-refractivity contribution in [1.82, 2.24) is 5.32 Å². The summed E-state index contributed by atoms with van der Waals surface area (Å²) in [5.74, 6) is -2.40. The third kappa shape index (κ3) is 5.31. The molecule has 146 valence electrons. The van der Waals surface area contributed by atoms with Crippen LogP contribution in [0.15, 0.2) is 48.5 Å². The molecule has 0 fully saturated rings. The van der Waals surface area contributed by atoms with Gasteiger partial charge in [0.2, 0.25) is 0 Å². The Morgan fingerprint density at radius 1 is 1.07 bits per heavy atom. The fraction of sp³-hybridized carbons (Fsp3) is 0.211. The lowest BCUT2D eigenvalue weighted by atomic mass is 10.0. The van der Waals surface area contributed by atoms with E-state index in [9.17, 15) is 33.0 Å². The van der Waals surface area contributed by atoms with E-state index in [1.54, 1.807) is 0 Å². The largest absolute Gasteiger partial charge is 0.480 e. The number of aliphatic hydroxyl groups excluding tert-OH is 1. The van der Waals surface area contributed by atoms with E-state index in [1.807, 2.05) is 6.07 Å². The number of aliphatic hydroxyl groups is 1. The average molecular weight is 392 g/mol. The Bertz CT molecular complexity index is 887. The van der Waals surface area contributed by atoms with Gasteiger partial charge in [0.05, 0.1) is 17.2 Å². The highest BCUT2D eigenvalue weighted by Gasteiger charge is 2.31. The van der Waals surface area contributed by atoms with Crippen LogP contribution in [-0.2, 0) is 22.2 Å². The normalized spacial score (nSPS) is 13.2. The van der Waals surface area contributed by atoms with Crippen LogP contribution in [0.4, 0.5) is 13.2 Å². The first-order valence-electron chi connectivity index (χ1n) is 7.99. The molecule has 0 spiro atoms. The van der Waals surface area contributed by atoms with E-state index in [1.165, 1.54) is 24.3 Å². The Hall–Kier alpha value is -3.38. The van der Waals surface area contributed by atoms with Crippen molar-refractivity contribution in [2.45, 2.75) is 24.7 Å². The molecule has 2 rings (SSSR count). The first-order chi connectivity index (χ1) is 13.1. The van der Waals surface area contributed by atoms with Crippen LogP contribution >= 0.6 is 0 Å². The molecule has 2 atom stereocenters. The maximum Gasteiger partial charge on any atom is 0.416 e. The molecule has 0 aliphatic carbocycles. The van der Waals surface area contributed by atoms with Gasteiger partial charge < -0.3 is 15.5 Å². The van der Waals surface area contributed by atoms with Gasteiger partial charge in [0.15, 0.2) is 6.10 Å². The van der Waals surface area contributed by atoms with Crippen molar-refractivity contribution in [2.24, 2.45) is 0 Å². The van der Waals surface area contributed by atoms with Crippen LogP contribution in [0.2, 0.25) is 0 Å². The summed E-state index contributed by atoms with van der Waals surface area (Å²) in [7, 11) is 0. The predicted octanol–water partition coefficient (Wildman–Crippen LogP) is 2.42. The molecule has 0 aromatic heterocycles. The standard InChI is InChI=1S/C19H15F3N2O4/c20-19(21,22)14-7-5-13(6-8-14)16(25)17(26)24-15(18(27)28)9-11-1-3-12(10-23)4-2-11/h1-8,15-16,25H,9H2,(H,24,26)(H,27,28)/t15-,16+/m0/s1. The van der Waals surface area contributed by atoms with Gasteiger partial charge in [-0.05, 0) is 35.4 Å². The molecule has 28 heavy (non-hydrogen) atoms. The van der Waals surface area contributed by atoms with E-state index >= 15 is 0 Å². The van der Waals surface area contributed by atoms with Crippen molar-refractivity contribution < 1.29 is 33.0 Å². The van der Waals surface area contributed by atoms with E-state index in [0.717, 1.165) is 24.3 Å². The summed E-state index contributed by atoms with van der Waals surface area (Å²) in [6.07, 6.45) is -6.49. The molecule has 0 radical (unpaired) electrons. The Kier molecular flexibility index (Phi) is 6.38. The Balaban J connectivity index is 2.08. The summed E-state index contributed by atoms with van der Waals surface area (Å²) < 4.78 is 37.7. The first-order valence-corrected chi connectivity index (χ1v) is 7.99. The molecular weight excluding hydrogens is 377 g/mol. The fourth-order valence-corrected chi connectivity index (χ4v) is 2.41. The van der Waals surface area contributed by atoms with Crippen molar-refractivity contribution in [3.63, 3.8) is 0 Å². The maximum atomic E-state index is 12.6. The van der Waals surface area contributed by atoms with Gasteiger partial charge in [-0.25, -0.2) is 4.79 Å². The molecule has 3 N–H and O–H groups in total. The second kappa shape index (κ2) is 8.54. The highest BCUT2D eigenvalue weighted by Crippen LogP contribution is 2.30. The van der Waals surface area contributed by atoms with Crippen molar-refractivity contribution in [1.29, 1.82) is 5.26 Å². The van der Waals surface area contributed by atoms with Gasteiger partial charge in [0, 0.05) is 6.42 Å². The average Bonchev–Trinajstić information content (AvgIpc) is 2.66. The van der Waals surface area contributed by atoms with Crippen LogP contribution in [0.5, 0.6) is 0 Å². The van der Waals surface area contributed by atoms with Crippen molar-refractivity contribution >= 4 is 11.9 Å². The summed E-state index contributed by atoms with van der Waals surface area (Å²) >= 11 is 0. The summed E-state index contributed by atoms with van der Waals surface area (Å²) in [5, 5.41) is 30.2. The molecule has 0 saturated heterocycles. The number of amides is 1. The quantitative estimate of drug-likeness (QED) is 0.699. The number of nitrogens with one attached hydrogen (secondary N) is 1. The van der Waals surface area contributed by atoms with Gasteiger partial charge in [-0.1, -0.05) is 24.3 Å². The van der Waals surface area contributed by atoms with E-state index < -0.39 is 35.8 Å². The number of rotatable bonds is 6. The van der Waals surface area contributed by atoms with Crippen LogP contribution in [0, 0.1) is 11.3 Å². The van der Waals surface area contributed by atoms with E-state index in [0.29, 0.717) is 11.1 Å². The van der Waals surface area contributed by atoms with Gasteiger partial charge in [-0.2, -0.15) is 18.4 Å². The lowest BCUT2D eigenvalue weighted by Crippen LogP contribution is -2.44. The lowest BCUT2D eigenvalue weighted by Gasteiger charge is -2.18. The summed E-state index contributed by atoms with van der Waals surface area (Å²) in [5.41, 5.74) is -0.116. The Labute approximate surface area is 157 Å². The van der Waals surface area contributed by atoms with Crippen molar-refractivity contribution in [3.05, 3.63) is 70.8 Å². The zero-order valence-electron chi connectivity index (χ0n) is 14.3. The predicted molar refractivity (Wildman–Crippen MR) is 90.8 cm³/mol. The van der Waals surface area contributed by atoms with E-state index in [2.05, 4.69) is 5.32 Å². The van der Waals surface area contributed by atoms with Crippen LogP contribution in [0.3, 0.4) is 0 Å². The molecule has 6 nitrogen and oxygen atoms in total. The lowest BCUT2D eigenvalue weighted by molar-refractivity contribution is -0.143. The smallest absolute Gasteiger partial charge is 0.416 e.